The highest BCUT2D eigenvalue weighted by atomic mass is 35.5. The van der Waals surface area contributed by atoms with Crippen molar-refractivity contribution in [3.05, 3.63) is 51.2 Å². The Morgan fingerprint density at radius 2 is 2.00 bits per heavy atom. The number of carbonyl (C=O) groups excluding carboxylic acids is 2. The lowest BCUT2D eigenvalue weighted by Crippen LogP contribution is -2.40. The van der Waals surface area contributed by atoms with Crippen LogP contribution in [0.1, 0.15) is 46.2 Å². The van der Waals surface area contributed by atoms with Crippen LogP contribution in [0.25, 0.3) is 0 Å². The molecule has 0 aliphatic heterocycles. The zero-order valence-corrected chi connectivity index (χ0v) is 15.7. The number of benzene rings is 1. The summed E-state index contributed by atoms with van der Waals surface area (Å²) in [4.78, 5) is 36.3. The molecule has 1 unspecified atom stereocenters. The molecule has 0 aliphatic rings. The normalized spacial score (nSPS) is 11.6. The summed E-state index contributed by atoms with van der Waals surface area (Å²) in [6, 6.07) is 6.88. The molecule has 138 valence electrons. The number of nitrogens with one attached hydrogen (secondary N) is 2. The number of rotatable bonds is 8. The zero-order chi connectivity index (χ0) is 19.1. The molecule has 3 N–H and O–H groups in total. The van der Waals surface area contributed by atoms with Crippen molar-refractivity contribution in [3.8, 4) is 0 Å². The minimum absolute atomic E-state index is 0.221. The van der Waals surface area contributed by atoms with E-state index < -0.39 is 17.9 Å². The van der Waals surface area contributed by atoms with Gasteiger partial charge >= 0.3 is 5.97 Å². The van der Waals surface area contributed by atoms with E-state index >= 15 is 0 Å². The van der Waals surface area contributed by atoms with Crippen molar-refractivity contribution in [3.63, 3.8) is 0 Å². The van der Waals surface area contributed by atoms with Crippen molar-refractivity contribution in [1.82, 2.24) is 5.32 Å². The van der Waals surface area contributed by atoms with Crippen molar-refractivity contribution in [2.45, 2.75) is 32.2 Å². The SMILES string of the molecule is CCCCC(NC(=O)c1ccc(Cl)c(NC(=O)c2cccs2)c1)C(=O)O. The highest BCUT2D eigenvalue weighted by Crippen LogP contribution is 2.24. The van der Waals surface area contributed by atoms with E-state index in [0.29, 0.717) is 17.7 Å². The number of carboxylic acid groups (broad SMARTS) is 1. The van der Waals surface area contributed by atoms with Crippen LogP contribution in [0.2, 0.25) is 5.02 Å². The van der Waals surface area contributed by atoms with E-state index in [1.807, 2.05) is 6.92 Å². The predicted octanol–water partition coefficient (Wildman–Crippen LogP) is 4.03. The Hall–Kier alpha value is -2.38. The molecular weight excluding hydrogens is 376 g/mol. The summed E-state index contributed by atoms with van der Waals surface area (Å²) >= 11 is 7.38. The van der Waals surface area contributed by atoms with E-state index in [1.165, 1.54) is 29.5 Å². The van der Waals surface area contributed by atoms with Crippen molar-refractivity contribution in [2.75, 3.05) is 5.32 Å². The fraction of sp³-hybridized carbons (Fsp3) is 0.278. The Labute approximate surface area is 160 Å². The molecule has 0 radical (unpaired) electrons. The van der Waals surface area contributed by atoms with Crippen LogP contribution in [0.5, 0.6) is 0 Å². The minimum Gasteiger partial charge on any atom is -0.480 e. The number of carboxylic acids is 1. The van der Waals surface area contributed by atoms with Crippen molar-refractivity contribution < 1.29 is 19.5 Å². The Morgan fingerprint density at radius 3 is 2.62 bits per heavy atom. The fourth-order valence-electron chi connectivity index (χ4n) is 2.26. The van der Waals surface area contributed by atoms with Gasteiger partial charge in [0.15, 0.2) is 0 Å². The highest BCUT2D eigenvalue weighted by Gasteiger charge is 2.21. The first-order valence-electron chi connectivity index (χ1n) is 8.10. The summed E-state index contributed by atoms with van der Waals surface area (Å²) < 4.78 is 0. The molecule has 0 saturated carbocycles. The molecule has 0 fully saturated rings. The lowest BCUT2D eigenvalue weighted by Gasteiger charge is -2.15. The topological polar surface area (TPSA) is 95.5 Å². The predicted molar refractivity (Wildman–Crippen MR) is 102 cm³/mol. The molecule has 6 nitrogen and oxygen atoms in total. The van der Waals surface area contributed by atoms with Crippen molar-refractivity contribution >= 4 is 46.4 Å². The summed E-state index contributed by atoms with van der Waals surface area (Å²) in [5, 5.41) is 16.5. The number of hydrogen-bond acceptors (Lipinski definition) is 4. The second-order valence-corrected chi connectivity index (χ2v) is 6.99. The monoisotopic (exact) mass is 394 g/mol. The van der Waals surface area contributed by atoms with Crippen LogP contribution in [-0.2, 0) is 4.79 Å². The third-order valence-electron chi connectivity index (χ3n) is 3.67. The van der Waals surface area contributed by atoms with Crippen LogP contribution in [0.15, 0.2) is 35.7 Å². The third kappa shape index (κ3) is 5.31. The van der Waals surface area contributed by atoms with Gasteiger partial charge in [-0.25, -0.2) is 4.79 Å². The van der Waals surface area contributed by atoms with E-state index in [9.17, 15) is 19.5 Å². The third-order valence-corrected chi connectivity index (χ3v) is 4.87. The maximum absolute atomic E-state index is 12.4. The first kappa shape index (κ1) is 19.9. The quantitative estimate of drug-likeness (QED) is 0.629. The van der Waals surface area contributed by atoms with Gasteiger partial charge in [0.2, 0.25) is 0 Å². The summed E-state index contributed by atoms with van der Waals surface area (Å²) in [5.41, 5.74) is 0.511. The lowest BCUT2D eigenvalue weighted by molar-refractivity contribution is -0.139. The number of anilines is 1. The van der Waals surface area contributed by atoms with E-state index in [-0.39, 0.29) is 22.2 Å². The Morgan fingerprint density at radius 1 is 1.23 bits per heavy atom. The molecule has 0 spiro atoms. The maximum atomic E-state index is 12.4. The second kappa shape index (κ2) is 9.35. The van der Waals surface area contributed by atoms with Gasteiger partial charge in [-0.1, -0.05) is 37.4 Å². The number of hydrogen-bond donors (Lipinski definition) is 3. The van der Waals surface area contributed by atoms with Crippen LogP contribution < -0.4 is 10.6 Å². The first-order valence-corrected chi connectivity index (χ1v) is 9.36. The number of aliphatic carboxylic acids is 1. The summed E-state index contributed by atoms with van der Waals surface area (Å²) in [7, 11) is 0. The summed E-state index contributed by atoms with van der Waals surface area (Å²) in [6.45, 7) is 1.95. The van der Waals surface area contributed by atoms with Crippen molar-refractivity contribution in [1.29, 1.82) is 0 Å². The van der Waals surface area contributed by atoms with Gasteiger partial charge in [0.25, 0.3) is 11.8 Å². The van der Waals surface area contributed by atoms with E-state index in [4.69, 9.17) is 11.6 Å². The van der Waals surface area contributed by atoms with Crippen LogP contribution in [-0.4, -0.2) is 28.9 Å². The number of amides is 2. The largest absolute Gasteiger partial charge is 0.480 e. The molecule has 1 aromatic carbocycles. The van der Waals surface area contributed by atoms with Gasteiger partial charge in [-0.3, -0.25) is 9.59 Å². The van der Waals surface area contributed by atoms with Gasteiger partial charge in [0.05, 0.1) is 15.6 Å². The van der Waals surface area contributed by atoms with Gasteiger partial charge in [0, 0.05) is 5.56 Å². The molecule has 0 bridgehead atoms. The average Bonchev–Trinajstić information content (AvgIpc) is 3.14. The van der Waals surface area contributed by atoms with Gasteiger partial charge < -0.3 is 15.7 Å². The number of carbonyl (C=O) groups is 3. The Bertz CT molecular complexity index is 792. The van der Waals surface area contributed by atoms with Crippen LogP contribution in [0.3, 0.4) is 0 Å². The number of thiophene rings is 1. The smallest absolute Gasteiger partial charge is 0.326 e. The standard InChI is InChI=1S/C18H19ClN2O4S/c1-2-3-5-13(18(24)25)20-16(22)11-7-8-12(19)14(10-11)21-17(23)15-6-4-9-26-15/h4,6-10,13H,2-3,5H2,1H3,(H,20,22)(H,21,23)(H,24,25). The van der Waals surface area contributed by atoms with Crippen LogP contribution in [0.4, 0.5) is 5.69 Å². The average molecular weight is 395 g/mol. The minimum atomic E-state index is -1.08. The Kier molecular flexibility index (Phi) is 7.17. The zero-order valence-electron chi connectivity index (χ0n) is 14.1. The van der Waals surface area contributed by atoms with Gasteiger partial charge in [0.1, 0.15) is 6.04 Å². The summed E-state index contributed by atoms with van der Waals surface area (Å²) in [5.74, 6) is -1.94. The molecule has 2 aromatic rings. The molecule has 8 heteroatoms. The van der Waals surface area contributed by atoms with Gasteiger partial charge in [-0.15, -0.1) is 11.3 Å². The highest BCUT2D eigenvalue weighted by molar-refractivity contribution is 7.12. The molecular formula is C18H19ClN2O4S. The molecule has 1 atom stereocenters. The Balaban J connectivity index is 2.13. The molecule has 1 heterocycles. The molecule has 2 amide bonds. The van der Waals surface area contributed by atoms with Crippen LogP contribution in [0, 0.1) is 0 Å². The van der Waals surface area contributed by atoms with Crippen molar-refractivity contribution in [2.24, 2.45) is 0 Å². The van der Waals surface area contributed by atoms with E-state index in [0.717, 1.165) is 6.42 Å². The summed E-state index contributed by atoms with van der Waals surface area (Å²) in [6.07, 6.45) is 1.88. The molecule has 0 aliphatic carbocycles. The van der Waals surface area contributed by atoms with Crippen LogP contribution >= 0.6 is 22.9 Å². The second-order valence-electron chi connectivity index (χ2n) is 5.63. The molecule has 2 rings (SSSR count). The number of halogens is 1. The van der Waals surface area contributed by atoms with Gasteiger partial charge in [-0.05, 0) is 36.1 Å². The lowest BCUT2D eigenvalue weighted by atomic mass is 10.1. The molecule has 26 heavy (non-hydrogen) atoms. The van der Waals surface area contributed by atoms with Gasteiger partial charge in [-0.2, -0.15) is 0 Å². The molecule has 1 aromatic heterocycles. The first-order chi connectivity index (χ1) is 12.4. The molecule has 0 saturated heterocycles. The van der Waals surface area contributed by atoms with E-state index in [1.54, 1.807) is 17.5 Å². The maximum Gasteiger partial charge on any atom is 0.326 e. The fourth-order valence-corrected chi connectivity index (χ4v) is 3.04. The van der Waals surface area contributed by atoms with E-state index in [2.05, 4.69) is 10.6 Å². The number of unbranched alkanes of at least 4 members (excludes halogenated alkanes) is 1.